The first-order chi connectivity index (χ1) is 7.13. The van der Waals surface area contributed by atoms with Crippen LogP contribution in [0.15, 0.2) is 24.3 Å². The van der Waals surface area contributed by atoms with Gasteiger partial charge in [0, 0.05) is 19.2 Å². The van der Waals surface area contributed by atoms with Crippen LogP contribution in [0.4, 0.5) is 4.39 Å². The van der Waals surface area contributed by atoms with E-state index in [4.69, 9.17) is 5.11 Å². The fraction of sp³-hybridized carbons (Fsp3) is 0.500. The van der Waals surface area contributed by atoms with Gasteiger partial charge >= 0.3 is 0 Å². The van der Waals surface area contributed by atoms with Crippen LogP contribution in [0.2, 0.25) is 0 Å². The average molecular weight is 211 g/mol. The molecule has 0 radical (unpaired) electrons. The molecular formula is C12H18FNO. The Morgan fingerprint density at radius 3 is 2.73 bits per heavy atom. The Morgan fingerprint density at radius 2 is 2.13 bits per heavy atom. The summed E-state index contributed by atoms with van der Waals surface area (Å²) >= 11 is 0. The fourth-order valence-electron chi connectivity index (χ4n) is 1.34. The monoisotopic (exact) mass is 211 g/mol. The summed E-state index contributed by atoms with van der Waals surface area (Å²) in [5, 5.41) is 12.1. The summed E-state index contributed by atoms with van der Waals surface area (Å²) < 4.78 is 12.9. The summed E-state index contributed by atoms with van der Waals surface area (Å²) in [5.41, 5.74) is 0.931. The van der Waals surface area contributed by atoms with Crippen LogP contribution in [0.3, 0.4) is 0 Å². The van der Waals surface area contributed by atoms with Crippen molar-refractivity contribution in [2.75, 3.05) is 13.2 Å². The molecule has 0 aliphatic carbocycles. The molecule has 0 amide bonds. The highest BCUT2D eigenvalue weighted by atomic mass is 19.1. The predicted octanol–water partition coefficient (Wildman–Crippen LogP) is 2.10. The fourth-order valence-corrected chi connectivity index (χ4v) is 1.34. The number of benzene rings is 1. The molecule has 1 unspecified atom stereocenters. The zero-order valence-electron chi connectivity index (χ0n) is 9.20. The molecule has 1 aromatic carbocycles. The van der Waals surface area contributed by atoms with Gasteiger partial charge in [-0.3, -0.25) is 0 Å². The second-order valence-electron chi connectivity index (χ2n) is 3.97. The van der Waals surface area contributed by atoms with Crippen molar-refractivity contribution in [3.8, 4) is 0 Å². The van der Waals surface area contributed by atoms with Gasteiger partial charge in [-0.15, -0.1) is 0 Å². The minimum absolute atomic E-state index is 0.106. The molecule has 1 aromatic rings. The highest BCUT2D eigenvalue weighted by Crippen LogP contribution is 2.13. The normalized spacial score (nSPS) is 14.9. The van der Waals surface area contributed by atoms with Crippen molar-refractivity contribution in [3.05, 3.63) is 35.6 Å². The van der Waals surface area contributed by atoms with Crippen LogP contribution in [-0.4, -0.2) is 18.3 Å². The molecule has 0 fully saturated rings. The molecule has 0 aliphatic heterocycles. The SMILES string of the molecule is CC(CO)CN[C@@H](C)c1cccc(F)c1. The first kappa shape index (κ1) is 12.1. The first-order valence-corrected chi connectivity index (χ1v) is 5.23. The molecule has 0 aliphatic rings. The molecular weight excluding hydrogens is 193 g/mol. The lowest BCUT2D eigenvalue weighted by atomic mass is 10.1. The molecule has 0 spiro atoms. The zero-order chi connectivity index (χ0) is 11.3. The highest BCUT2D eigenvalue weighted by Gasteiger charge is 2.07. The molecule has 15 heavy (non-hydrogen) atoms. The van der Waals surface area contributed by atoms with Crippen LogP contribution >= 0.6 is 0 Å². The second kappa shape index (κ2) is 5.83. The molecule has 1 rings (SSSR count). The Bertz CT molecular complexity index is 303. The van der Waals surface area contributed by atoms with Crippen LogP contribution in [0.1, 0.15) is 25.5 Å². The summed E-state index contributed by atoms with van der Waals surface area (Å²) in [6, 6.07) is 6.67. The van der Waals surface area contributed by atoms with Crippen LogP contribution < -0.4 is 5.32 Å². The topological polar surface area (TPSA) is 32.3 Å². The van der Waals surface area contributed by atoms with Crippen LogP contribution in [-0.2, 0) is 0 Å². The lowest BCUT2D eigenvalue weighted by Crippen LogP contribution is -2.26. The van der Waals surface area contributed by atoms with E-state index in [0.717, 1.165) is 12.1 Å². The van der Waals surface area contributed by atoms with E-state index in [1.165, 1.54) is 12.1 Å². The second-order valence-corrected chi connectivity index (χ2v) is 3.97. The van der Waals surface area contributed by atoms with E-state index in [9.17, 15) is 4.39 Å². The van der Waals surface area contributed by atoms with Crippen molar-refractivity contribution in [2.24, 2.45) is 5.92 Å². The van der Waals surface area contributed by atoms with Crippen molar-refractivity contribution < 1.29 is 9.50 Å². The molecule has 0 aromatic heterocycles. The summed E-state index contributed by atoms with van der Waals surface area (Å²) in [5.74, 6) is 0.0114. The summed E-state index contributed by atoms with van der Waals surface area (Å²) in [6.45, 7) is 4.85. The number of hydrogen-bond acceptors (Lipinski definition) is 2. The molecule has 2 N–H and O–H groups in total. The molecule has 2 atom stereocenters. The van der Waals surface area contributed by atoms with Gasteiger partial charge in [-0.1, -0.05) is 19.1 Å². The van der Waals surface area contributed by atoms with Crippen LogP contribution in [0.5, 0.6) is 0 Å². The molecule has 0 saturated carbocycles. The van der Waals surface area contributed by atoms with Crippen LogP contribution in [0.25, 0.3) is 0 Å². The Balaban J connectivity index is 2.50. The molecule has 3 heteroatoms. The third-order valence-electron chi connectivity index (χ3n) is 2.43. The van der Waals surface area contributed by atoms with E-state index in [-0.39, 0.29) is 24.4 Å². The van der Waals surface area contributed by atoms with E-state index in [1.807, 2.05) is 19.9 Å². The van der Waals surface area contributed by atoms with E-state index in [1.54, 1.807) is 6.07 Å². The van der Waals surface area contributed by atoms with E-state index < -0.39 is 0 Å². The number of nitrogens with one attached hydrogen (secondary N) is 1. The lowest BCUT2D eigenvalue weighted by molar-refractivity contribution is 0.231. The van der Waals surface area contributed by atoms with Gasteiger partial charge in [0.2, 0.25) is 0 Å². The summed E-state index contributed by atoms with van der Waals surface area (Å²) in [4.78, 5) is 0. The molecule has 0 bridgehead atoms. The van der Waals surface area contributed by atoms with E-state index in [2.05, 4.69) is 5.32 Å². The average Bonchev–Trinajstić information content (AvgIpc) is 2.25. The van der Waals surface area contributed by atoms with Gasteiger partial charge < -0.3 is 10.4 Å². The quantitative estimate of drug-likeness (QED) is 0.781. The number of hydrogen-bond donors (Lipinski definition) is 2. The maximum Gasteiger partial charge on any atom is 0.123 e. The number of aliphatic hydroxyl groups is 1. The van der Waals surface area contributed by atoms with Gasteiger partial charge in [0.05, 0.1) is 0 Å². The van der Waals surface area contributed by atoms with Crippen molar-refractivity contribution in [2.45, 2.75) is 19.9 Å². The van der Waals surface area contributed by atoms with Crippen molar-refractivity contribution in [1.29, 1.82) is 0 Å². The van der Waals surface area contributed by atoms with Gasteiger partial charge in [0.15, 0.2) is 0 Å². The predicted molar refractivity (Wildman–Crippen MR) is 59.1 cm³/mol. The minimum Gasteiger partial charge on any atom is -0.396 e. The Morgan fingerprint density at radius 1 is 1.40 bits per heavy atom. The summed E-state index contributed by atoms with van der Waals surface area (Å²) in [6.07, 6.45) is 0. The van der Waals surface area contributed by atoms with Gasteiger partial charge in [-0.05, 0) is 30.5 Å². The molecule has 84 valence electrons. The summed E-state index contributed by atoms with van der Waals surface area (Å²) in [7, 11) is 0. The van der Waals surface area contributed by atoms with Crippen molar-refractivity contribution in [1.82, 2.24) is 5.32 Å². The lowest BCUT2D eigenvalue weighted by Gasteiger charge is -2.16. The molecule has 2 nitrogen and oxygen atoms in total. The van der Waals surface area contributed by atoms with Gasteiger partial charge in [-0.2, -0.15) is 0 Å². The standard InChI is InChI=1S/C12H18FNO/c1-9(8-15)7-14-10(2)11-4-3-5-12(13)6-11/h3-6,9-10,14-15H,7-8H2,1-2H3/t9?,10-/m0/s1. The molecule has 0 saturated heterocycles. The van der Waals surface area contributed by atoms with Crippen molar-refractivity contribution >= 4 is 0 Å². The molecule has 0 heterocycles. The highest BCUT2D eigenvalue weighted by molar-refractivity contribution is 5.19. The maximum atomic E-state index is 12.9. The third kappa shape index (κ3) is 3.98. The smallest absolute Gasteiger partial charge is 0.123 e. The van der Waals surface area contributed by atoms with E-state index in [0.29, 0.717) is 0 Å². The number of aliphatic hydroxyl groups excluding tert-OH is 1. The van der Waals surface area contributed by atoms with E-state index >= 15 is 0 Å². The van der Waals surface area contributed by atoms with Gasteiger partial charge in [0.1, 0.15) is 5.82 Å². The van der Waals surface area contributed by atoms with Gasteiger partial charge in [-0.25, -0.2) is 4.39 Å². The number of halogens is 1. The van der Waals surface area contributed by atoms with Crippen molar-refractivity contribution in [3.63, 3.8) is 0 Å². The largest absolute Gasteiger partial charge is 0.396 e. The van der Waals surface area contributed by atoms with Gasteiger partial charge in [0.25, 0.3) is 0 Å². The first-order valence-electron chi connectivity index (χ1n) is 5.23. The minimum atomic E-state index is -0.212. The Hall–Kier alpha value is -0.930. The number of rotatable bonds is 5. The Kier molecular flexibility index (Phi) is 4.72. The maximum absolute atomic E-state index is 12.9. The zero-order valence-corrected chi connectivity index (χ0v) is 9.20. The van der Waals surface area contributed by atoms with Crippen LogP contribution in [0, 0.1) is 11.7 Å². The Labute approximate surface area is 90.1 Å². The third-order valence-corrected chi connectivity index (χ3v) is 2.43.